The molecule has 1 heterocycles. The molecule has 1 aliphatic heterocycles. The average Bonchev–Trinajstić information content (AvgIpc) is 2.91. The minimum absolute atomic E-state index is 0.0114. The number of benzene rings is 3. The van der Waals surface area contributed by atoms with Crippen LogP contribution in [0.3, 0.4) is 0 Å². The molecule has 6 heteroatoms. The first-order valence-corrected chi connectivity index (χ1v) is 13.1. The van der Waals surface area contributed by atoms with E-state index < -0.39 is 11.0 Å². The van der Waals surface area contributed by atoms with E-state index in [9.17, 15) is 9.59 Å². The summed E-state index contributed by atoms with van der Waals surface area (Å²) in [6.07, 6.45) is 3.01. The molecule has 37 heavy (non-hydrogen) atoms. The second kappa shape index (κ2) is 9.82. The van der Waals surface area contributed by atoms with Crippen LogP contribution in [0.2, 0.25) is 0 Å². The van der Waals surface area contributed by atoms with E-state index in [1.54, 1.807) is 7.11 Å². The Kier molecular flexibility index (Phi) is 6.71. The predicted octanol–water partition coefficient (Wildman–Crippen LogP) is 5.05. The molecule has 1 saturated carbocycles. The van der Waals surface area contributed by atoms with Gasteiger partial charge in [-0.05, 0) is 79.9 Å². The molecule has 0 N–H and O–H groups in total. The fraction of sp³-hybridized carbons (Fsp3) is 0.419. The van der Waals surface area contributed by atoms with Gasteiger partial charge in [0.1, 0.15) is 11.4 Å². The van der Waals surface area contributed by atoms with E-state index in [1.165, 1.54) is 6.92 Å². The Balaban J connectivity index is 1.53. The molecule has 6 nitrogen and oxygen atoms in total. The molecule has 2 aliphatic rings. The van der Waals surface area contributed by atoms with E-state index >= 15 is 0 Å². The van der Waals surface area contributed by atoms with Crippen molar-refractivity contribution in [2.24, 2.45) is 0 Å². The smallest absolute Gasteiger partial charge is 0.303 e. The molecule has 0 spiro atoms. The summed E-state index contributed by atoms with van der Waals surface area (Å²) < 4.78 is 11.9. The van der Waals surface area contributed by atoms with Crippen molar-refractivity contribution in [1.29, 1.82) is 0 Å². The van der Waals surface area contributed by atoms with Crippen molar-refractivity contribution in [3.63, 3.8) is 0 Å². The topological polar surface area (TPSA) is 59.1 Å². The van der Waals surface area contributed by atoms with Crippen LogP contribution in [0.1, 0.15) is 48.5 Å². The summed E-state index contributed by atoms with van der Waals surface area (Å²) in [5.74, 6) is 0.538. The molecule has 0 radical (unpaired) electrons. The highest BCUT2D eigenvalue weighted by Gasteiger charge is 2.61. The molecule has 3 aromatic carbocycles. The van der Waals surface area contributed by atoms with E-state index in [0.29, 0.717) is 18.5 Å². The van der Waals surface area contributed by atoms with Crippen LogP contribution in [-0.4, -0.2) is 67.6 Å². The standard InChI is InChI=1S/C31H36N2O4/c1-22(34)37-31-15-14-27(33(3)29(35)25-13-12-23-8-5-6-9-24(23)18-25)20-30(31,16-17-32(2)21-31)26-10-7-11-28(19-26)36-4/h5-13,18-19,27H,14-17,20-21H2,1-4H3/t27-,30+,31+/m1/s1. The number of likely N-dealkylation sites (N-methyl/N-ethyl adjacent to an activating group) is 1. The van der Waals surface area contributed by atoms with Gasteiger partial charge in [0, 0.05) is 37.5 Å². The van der Waals surface area contributed by atoms with Gasteiger partial charge in [0.05, 0.1) is 7.11 Å². The number of hydrogen-bond donors (Lipinski definition) is 0. The molecule has 194 valence electrons. The molecule has 0 bridgehead atoms. The first-order chi connectivity index (χ1) is 17.8. The number of methoxy groups -OCH3 is 1. The minimum atomic E-state index is -0.665. The van der Waals surface area contributed by atoms with Crippen molar-refractivity contribution in [2.45, 2.75) is 49.7 Å². The lowest BCUT2D eigenvalue weighted by Crippen LogP contribution is -2.68. The van der Waals surface area contributed by atoms with Gasteiger partial charge in [0.25, 0.3) is 5.91 Å². The van der Waals surface area contributed by atoms with Gasteiger partial charge >= 0.3 is 5.97 Å². The monoisotopic (exact) mass is 500 g/mol. The molecular formula is C31H36N2O4. The van der Waals surface area contributed by atoms with Crippen LogP contribution in [0.4, 0.5) is 0 Å². The van der Waals surface area contributed by atoms with Gasteiger partial charge in [-0.3, -0.25) is 9.59 Å². The summed E-state index contributed by atoms with van der Waals surface area (Å²) in [5, 5.41) is 2.18. The first-order valence-electron chi connectivity index (χ1n) is 13.1. The van der Waals surface area contributed by atoms with Crippen LogP contribution >= 0.6 is 0 Å². The van der Waals surface area contributed by atoms with E-state index in [2.05, 4.69) is 30.1 Å². The van der Waals surface area contributed by atoms with Gasteiger partial charge in [0.15, 0.2) is 0 Å². The predicted molar refractivity (Wildman–Crippen MR) is 145 cm³/mol. The molecule has 1 aliphatic carbocycles. The van der Waals surface area contributed by atoms with Gasteiger partial charge in [-0.2, -0.15) is 0 Å². The van der Waals surface area contributed by atoms with E-state index in [-0.39, 0.29) is 17.9 Å². The van der Waals surface area contributed by atoms with Crippen molar-refractivity contribution in [2.75, 3.05) is 34.3 Å². The molecule has 3 aromatic rings. The van der Waals surface area contributed by atoms with Crippen molar-refractivity contribution in [3.8, 4) is 5.75 Å². The van der Waals surface area contributed by atoms with Gasteiger partial charge in [-0.1, -0.05) is 42.5 Å². The molecule has 1 amide bonds. The van der Waals surface area contributed by atoms with Crippen LogP contribution in [0, 0.1) is 0 Å². The zero-order valence-electron chi connectivity index (χ0n) is 22.2. The second-order valence-electron chi connectivity index (χ2n) is 10.8. The zero-order valence-corrected chi connectivity index (χ0v) is 22.2. The number of ether oxygens (including phenoxy) is 2. The molecule has 2 fully saturated rings. The normalized spacial score (nSPS) is 25.8. The second-order valence-corrected chi connectivity index (χ2v) is 10.8. The van der Waals surface area contributed by atoms with Crippen LogP contribution in [-0.2, 0) is 14.9 Å². The first kappa shape index (κ1) is 25.3. The summed E-state index contributed by atoms with van der Waals surface area (Å²) in [6.45, 7) is 3.05. The largest absolute Gasteiger partial charge is 0.497 e. The van der Waals surface area contributed by atoms with E-state index in [0.717, 1.165) is 47.9 Å². The van der Waals surface area contributed by atoms with Crippen LogP contribution in [0.5, 0.6) is 5.75 Å². The molecule has 0 unspecified atom stereocenters. The van der Waals surface area contributed by atoms with Crippen molar-refractivity contribution in [1.82, 2.24) is 9.80 Å². The number of esters is 1. The summed E-state index contributed by atoms with van der Waals surface area (Å²) in [6, 6.07) is 22.2. The number of fused-ring (bicyclic) bond motifs is 2. The lowest BCUT2D eigenvalue weighted by atomic mass is 9.55. The zero-order chi connectivity index (χ0) is 26.2. The summed E-state index contributed by atoms with van der Waals surface area (Å²) in [4.78, 5) is 30.3. The van der Waals surface area contributed by atoms with Gasteiger partial charge < -0.3 is 19.3 Å². The van der Waals surface area contributed by atoms with E-state index in [1.807, 2.05) is 60.5 Å². The molecule has 1 saturated heterocycles. The molecular weight excluding hydrogens is 464 g/mol. The maximum atomic E-state index is 13.7. The number of carbonyl (C=O) groups is 2. The third-order valence-corrected chi connectivity index (χ3v) is 8.61. The summed E-state index contributed by atoms with van der Waals surface area (Å²) in [7, 11) is 5.67. The average molecular weight is 501 g/mol. The van der Waals surface area contributed by atoms with Gasteiger partial charge in [-0.15, -0.1) is 0 Å². The number of nitrogens with zero attached hydrogens (tertiary/aromatic N) is 2. The van der Waals surface area contributed by atoms with Crippen LogP contribution in [0.15, 0.2) is 66.7 Å². The number of carbonyl (C=O) groups excluding carboxylic acids is 2. The highest BCUT2D eigenvalue weighted by Crippen LogP contribution is 2.54. The minimum Gasteiger partial charge on any atom is -0.497 e. The lowest BCUT2D eigenvalue weighted by Gasteiger charge is -2.59. The fourth-order valence-electron chi connectivity index (χ4n) is 6.71. The molecule has 0 aromatic heterocycles. The Hall–Kier alpha value is -3.38. The highest BCUT2D eigenvalue weighted by molar-refractivity contribution is 5.98. The Labute approximate surface area is 219 Å². The maximum Gasteiger partial charge on any atom is 0.303 e. The Morgan fingerprint density at radius 1 is 1.00 bits per heavy atom. The Bertz CT molecular complexity index is 1320. The number of piperidine rings is 1. The van der Waals surface area contributed by atoms with Crippen LogP contribution < -0.4 is 4.74 Å². The Morgan fingerprint density at radius 2 is 1.78 bits per heavy atom. The lowest BCUT2D eigenvalue weighted by molar-refractivity contribution is -0.187. The maximum absolute atomic E-state index is 13.7. The van der Waals surface area contributed by atoms with E-state index in [4.69, 9.17) is 9.47 Å². The summed E-state index contributed by atoms with van der Waals surface area (Å²) >= 11 is 0. The molecule has 5 rings (SSSR count). The fourth-order valence-corrected chi connectivity index (χ4v) is 6.71. The van der Waals surface area contributed by atoms with Crippen LogP contribution in [0.25, 0.3) is 10.8 Å². The SMILES string of the molecule is COc1cccc([C@@]23CCN(C)C[C@@]2(OC(C)=O)CC[C@@H](N(C)C(=O)c2ccc4ccccc4c2)C3)c1. The van der Waals surface area contributed by atoms with Crippen molar-refractivity contribution < 1.29 is 19.1 Å². The number of hydrogen-bond acceptors (Lipinski definition) is 5. The number of likely N-dealkylation sites (tertiary alicyclic amines) is 1. The summed E-state index contributed by atoms with van der Waals surface area (Å²) in [5.41, 5.74) is 0.705. The van der Waals surface area contributed by atoms with Crippen molar-refractivity contribution in [3.05, 3.63) is 77.9 Å². The Morgan fingerprint density at radius 3 is 2.54 bits per heavy atom. The molecule has 3 atom stereocenters. The quantitative estimate of drug-likeness (QED) is 0.459. The highest BCUT2D eigenvalue weighted by atomic mass is 16.6. The number of rotatable bonds is 5. The van der Waals surface area contributed by atoms with Gasteiger partial charge in [-0.25, -0.2) is 0 Å². The number of amides is 1. The third-order valence-electron chi connectivity index (χ3n) is 8.61. The van der Waals surface area contributed by atoms with Gasteiger partial charge in [0.2, 0.25) is 0 Å². The third kappa shape index (κ3) is 4.48. The van der Waals surface area contributed by atoms with Crippen molar-refractivity contribution >= 4 is 22.6 Å².